The minimum atomic E-state index is -0.945. The number of benzene rings is 2. The number of rotatable bonds is 7. The van der Waals surface area contributed by atoms with Crippen LogP contribution in [0.25, 0.3) is 0 Å². The first-order chi connectivity index (χ1) is 13.5. The van der Waals surface area contributed by atoms with Gasteiger partial charge in [0.15, 0.2) is 0 Å². The van der Waals surface area contributed by atoms with Crippen LogP contribution in [-0.4, -0.2) is 54.1 Å². The second-order valence-corrected chi connectivity index (χ2v) is 8.66. The molecule has 1 aliphatic heterocycles. The second kappa shape index (κ2) is 10.2. The van der Waals surface area contributed by atoms with Gasteiger partial charge >= 0.3 is 0 Å². The highest BCUT2D eigenvalue weighted by atomic mass is 35.5. The van der Waals surface area contributed by atoms with Crippen LogP contribution in [0.15, 0.2) is 48.5 Å². The van der Waals surface area contributed by atoms with Crippen molar-refractivity contribution in [3.63, 3.8) is 0 Å². The number of carbonyl (C=O) groups excluding carboxylic acids is 1. The van der Waals surface area contributed by atoms with Crippen molar-refractivity contribution in [3.8, 4) is 0 Å². The zero-order chi connectivity index (χ0) is 19.9. The Balaban J connectivity index is 1.73. The normalized spacial score (nSPS) is 17.1. The summed E-state index contributed by atoms with van der Waals surface area (Å²) in [6.07, 6.45) is 1.66. The number of hydrogen-bond donors (Lipinski definition) is 1. The number of nitrogens with one attached hydrogen (secondary N) is 1. The third-order valence-corrected chi connectivity index (χ3v) is 5.85. The van der Waals surface area contributed by atoms with Crippen LogP contribution in [0.4, 0.5) is 0 Å². The van der Waals surface area contributed by atoms with Crippen LogP contribution in [0.1, 0.15) is 27.5 Å². The summed E-state index contributed by atoms with van der Waals surface area (Å²) in [6, 6.07) is 15.0. The summed E-state index contributed by atoms with van der Waals surface area (Å²) < 4.78 is 16.9. The number of halogens is 1. The smallest absolute Gasteiger partial charge is 0.251 e. The lowest BCUT2D eigenvalue weighted by atomic mass is 10.0. The average molecular weight is 421 g/mol. The molecular weight excluding hydrogens is 396 g/mol. The van der Waals surface area contributed by atoms with Gasteiger partial charge in [0.2, 0.25) is 0 Å². The van der Waals surface area contributed by atoms with E-state index in [-0.39, 0.29) is 11.9 Å². The molecule has 0 aromatic heterocycles. The molecule has 0 saturated carbocycles. The molecule has 1 aliphatic rings. The van der Waals surface area contributed by atoms with Crippen molar-refractivity contribution in [2.45, 2.75) is 11.8 Å². The molecule has 2 aromatic carbocycles. The minimum Gasteiger partial charge on any atom is -0.379 e. The molecule has 1 amide bonds. The van der Waals surface area contributed by atoms with Gasteiger partial charge in [0.25, 0.3) is 5.91 Å². The molecular formula is C21H25ClN2O3S. The lowest BCUT2D eigenvalue weighted by Crippen LogP contribution is -2.44. The molecule has 0 aliphatic carbocycles. The number of ether oxygens (including phenoxy) is 1. The van der Waals surface area contributed by atoms with E-state index < -0.39 is 10.8 Å². The summed E-state index contributed by atoms with van der Waals surface area (Å²) in [5, 5.41) is 3.74. The van der Waals surface area contributed by atoms with Crippen LogP contribution in [0.3, 0.4) is 0 Å². The molecule has 7 heteroatoms. The Labute approximate surface area is 173 Å². The molecule has 28 heavy (non-hydrogen) atoms. The molecule has 3 rings (SSSR count). The fourth-order valence-electron chi connectivity index (χ4n) is 3.40. The van der Waals surface area contributed by atoms with Crippen LogP contribution in [0.2, 0.25) is 5.02 Å². The minimum absolute atomic E-state index is 0.0205. The predicted molar refractivity (Wildman–Crippen MR) is 113 cm³/mol. The summed E-state index contributed by atoms with van der Waals surface area (Å²) in [5.74, 6) is 0.297. The first kappa shape index (κ1) is 21.0. The standard InChI is InChI=1S/C21H25ClN2O3S/c1-28(26)15-16-5-4-6-17(13-16)21(25)23-14-20(24-9-11-27-12-10-24)18-7-2-3-8-19(18)22/h2-8,13,20H,9-12,14-15H2,1H3,(H,23,25)/t20-,28-/m0/s1. The van der Waals surface area contributed by atoms with Gasteiger partial charge in [-0.25, -0.2) is 0 Å². The summed E-state index contributed by atoms with van der Waals surface area (Å²) in [4.78, 5) is 15.0. The van der Waals surface area contributed by atoms with Gasteiger partial charge in [0, 0.05) is 53.0 Å². The van der Waals surface area contributed by atoms with Crippen molar-refractivity contribution in [1.82, 2.24) is 10.2 Å². The first-order valence-corrected chi connectivity index (χ1v) is 11.4. The van der Waals surface area contributed by atoms with Gasteiger partial charge < -0.3 is 10.1 Å². The van der Waals surface area contributed by atoms with E-state index in [9.17, 15) is 9.00 Å². The molecule has 5 nitrogen and oxygen atoms in total. The Hall–Kier alpha value is -1.73. The Bertz CT molecular complexity index is 840. The van der Waals surface area contributed by atoms with Crippen LogP contribution >= 0.6 is 11.6 Å². The zero-order valence-electron chi connectivity index (χ0n) is 15.9. The van der Waals surface area contributed by atoms with Crippen LogP contribution < -0.4 is 5.32 Å². The van der Waals surface area contributed by atoms with Gasteiger partial charge in [0.1, 0.15) is 0 Å². The van der Waals surface area contributed by atoms with E-state index in [2.05, 4.69) is 10.2 Å². The number of morpholine rings is 1. The molecule has 0 unspecified atom stereocenters. The number of nitrogens with zero attached hydrogens (tertiary/aromatic N) is 1. The molecule has 1 N–H and O–H groups in total. The van der Waals surface area contributed by atoms with Gasteiger partial charge in [0.05, 0.1) is 19.3 Å². The summed E-state index contributed by atoms with van der Waals surface area (Å²) >= 11 is 6.44. The third-order valence-electron chi connectivity index (χ3n) is 4.77. The second-order valence-electron chi connectivity index (χ2n) is 6.81. The summed E-state index contributed by atoms with van der Waals surface area (Å²) in [6.45, 7) is 3.38. The van der Waals surface area contributed by atoms with E-state index in [1.54, 1.807) is 18.4 Å². The van der Waals surface area contributed by atoms with Crippen molar-refractivity contribution in [2.24, 2.45) is 0 Å². The number of amides is 1. The van der Waals surface area contributed by atoms with E-state index in [0.717, 1.165) is 24.2 Å². The molecule has 2 atom stereocenters. The van der Waals surface area contributed by atoms with Crippen molar-refractivity contribution in [3.05, 3.63) is 70.2 Å². The highest BCUT2D eigenvalue weighted by Gasteiger charge is 2.25. The first-order valence-electron chi connectivity index (χ1n) is 9.28. The Kier molecular flexibility index (Phi) is 7.62. The van der Waals surface area contributed by atoms with Crippen molar-refractivity contribution < 1.29 is 13.7 Å². The highest BCUT2D eigenvalue weighted by Crippen LogP contribution is 2.27. The lowest BCUT2D eigenvalue weighted by molar-refractivity contribution is 0.0162. The molecule has 150 valence electrons. The van der Waals surface area contributed by atoms with Crippen LogP contribution in [0.5, 0.6) is 0 Å². The summed E-state index contributed by atoms with van der Waals surface area (Å²) in [7, 11) is -0.945. The summed E-state index contributed by atoms with van der Waals surface area (Å²) in [5.41, 5.74) is 2.47. The van der Waals surface area contributed by atoms with E-state index in [4.69, 9.17) is 16.3 Å². The maximum Gasteiger partial charge on any atom is 0.251 e. The number of carbonyl (C=O) groups is 1. The monoisotopic (exact) mass is 420 g/mol. The maximum absolute atomic E-state index is 12.7. The largest absolute Gasteiger partial charge is 0.379 e. The fourth-order valence-corrected chi connectivity index (χ4v) is 4.31. The maximum atomic E-state index is 12.7. The van der Waals surface area contributed by atoms with E-state index in [1.807, 2.05) is 36.4 Å². The topological polar surface area (TPSA) is 58.6 Å². The number of hydrogen-bond acceptors (Lipinski definition) is 4. The molecule has 1 fully saturated rings. The fraction of sp³-hybridized carbons (Fsp3) is 0.381. The predicted octanol–water partition coefficient (Wildman–Crippen LogP) is 3.02. The van der Waals surface area contributed by atoms with Crippen molar-refractivity contribution >= 4 is 28.3 Å². The molecule has 1 saturated heterocycles. The zero-order valence-corrected chi connectivity index (χ0v) is 17.5. The Morgan fingerprint density at radius 3 is 2.68 bits per heavy atom. The van der Waals surface area contributed by atoms with Crippen LogP contribution in [0, 0.1) is 0 Å². The van der Waals surface area contributed by atoms with Gasteiger partial charge in [-0.05, 0) is 29.3 Å². The highest BCUT2D eigenvalue weighted by molar-refractivity contribution is 7.83. The molecule has 1 heterocycles. The molecule has 2 aromatic rings. The van der Waals surface area contributed by atoms with Crippen LogP contribution in [-0.2, 0) is 21.3 Å². The molecule has 0 radical (unpaired) electrons. The van der Waals surface area contributed by atoms with E-state index >= 15 is 0 Å². The van der Waals surface area contributed by atoms with Gasteiger partial charge in [-0.1, -0.05) is 41.9 Å². The Morgan fingerprint density at radius 2 is 1.96 bits per heavy atom. The molecule has 0 bridgehead atoms. The SMILES string of the molecule is C[S@](=O)Cc1cccc(C(=O)NC[C@@H](c2ccccc2Cl)N2CCOCC2)c1. The third kappa shape index (κ3) is 5.64. The van der Waals surface area contributed by atoms with Gasteiger partial charge in [-0.15, -0.1) is 0 Å². The average Bonchev–Trinajstić information content (AvgIpc) is 2.70. The lowest BCUT2D eigenvalue weighted by Gasteiger charge is -2.35. The van der Waals surface area contributed by atoms with Gasteiger partial charge in [-0.2, -0.15) is 0 Å². The Morgan fingerprint density at radius 1 is 1.21 bits per heavy atom. The quantitative estimate of drug-likeness (QED) is 0.748. The van der Waals surface area contributed by atoms with Gasteiger partial charge in [-0.3, -0.25) is 13.9 Å². The molecule has 0 spiro atoms. The van der Waals surface area contributed by atoms with E-state index in [0.29, 0.717) is 36.1 Å². The van der Waals surface area contributed by atoms with Crippen molar-refractivity contribution in [1.29, 1.82) is 0 Å². The van der Waals surface area contributed by atoms with E-state index in [1.165, 1.54) is 0 Å². The van der Waals surface area contributed by atoms with Crippen molar-refractivity contribution in [2.75, 3.05) is 39.1 Å².